The fourth-order valence-corrected chi connectivity index (χ4v) is 2.54. The second kappa shape index (κ2) is 7.92. The van der Waals surface area contributed by atoms with Crippen molar-refractivity contribution in [2.24, 2.45) is 5.92 Å². The Kier molecular flexibility index (Phi) is 5.90. The maximum atomic E-state index is 13.1. The lowest BCUT2D eigenvalue weighted by Gasteiger charge is -2.23. The van der Waals surface area contributed by atoms with E-state index < -0.39 is 17.9 Å². The first-order chi connectivity index (χ1) is 11.8. The zero-order valence-corrected chi connectivity index (χ0v) is 14.7. The molecule has 0 fully saturated rings. The van der Waals surface area contributed by atoms with E-state index in [2.05, 4.69) is 15.8 Å². The van der Waals surface area contributed by atoms with Crippen molar-refractivity contribution in [2.45, 2.75) is 39.7 Å². The molecule has 0 aliphatic rings. The molecule has 134 valence electrons. The first-order valence-corrected chi connectivity index (χ1v) is 8.08. The van der Waals surface area contributed by atoms with Crippen molar-refractivity contribution in [3.05, 3.63) is 47.5 Å². The molecule has 2 amide bonds. The van der Waals surface area contributed by atoms with Gasteiger partial charge in [-0.1, -0.05) is 31.1 Å². The summed E-state index contributed by atoms with van der Waals surface area (Å²) in [6.07, 6.45) is 0. The first-order valence-electron chi connectivity index (χ1n) is 8.08. The summed E-state index contributed by atoms with van der Waals surface area (Å²) in [6, 6.07) is 6.64. The van der Waals surface area contributed by atoms with Crippen LogP contribution in [0.25, 0.3) is 0 Å². The van der Waals surface area contributed by atoms with E-state index in [1.165, 1.54) is 12.1 Å². The normalized spacial score (nSPS) is 13.4. The molecule has 1 unspecified atom stereocenters. The van der Waals surface area contributed by atoms with Gasteiger partial charge in [0.1, 0.15) is 17.6 Å². The third kappa shape index (κ3) is 4.89. The molecule has 1 aromatic heterocycles. The second-order valence-corrected chi connectivity index (χ2v) is 6.32. The number of carbonyl (C=O) groups excluding carboxylic acids is 2. The number of halogens is 1. The standard InChI is InChI=1S/C18H22FN3O3/c1-10(2)16(13-5-7-14(19)8-6-13)18(24)20-12(4)17(23)21-15-9-11(3)25-22-15/h5-10,12,16H,1-4H3,(H,20,24)(H,21,22,23)/t12-,16?/m0/s1. The Labute approximate surface area is 145 Å². The summed E-state index contributed by atoms with van der Waals surface area (Å²) in [4.78, 5) is 24.8. The van der Waals surface area contributed by atoms with Gasteiger partial charge in [0.25, 0.3) is 0 Å². The topological polar surface area (TPSA) is 84.2 Å². The average Bonchev–Trinajstić information content (AvgIpc) is 2.94. The molecule has 6 nitrogen and oxygen atoms in total. The summed E-state index contributed by atoms with van der Waals surface area (Å²) < 4.78 is 18.0. The van der Waals surface area contributed by atoms with Gasteiger partial charge in [0, 0.05) is 6.07 Å². The molecule has 7 heteroatoms. The second-order valence-electron chi connectivity index (χ2n) is 6.32. The molecule has 25 heavy (non-hydrogen) atoms. The predicted molar refractivity (Wildman–Crippen MR) is 91.5 cm³/mol. The SMILES string of the molecule is Cc1cc(NC(=O)[C@H](C)NC(=O)C(c2ccc(F)cc2)C(C)C)no1. The third-order valence-electron chi connectivity index (χ3n) is 3.81. The monoisotopic (exact) mass is 347 g/mol. The highest BCUT2D eigenvalue weighted by Gasteiger charge is 2.27. The Morgan fingerprint density at radius 3 is 2.28 bits per heavy atom. The molecule has 2 N–H and O–H groups in total. The maximum Gasteiger partial charge on any atom is 0.247 e. The minimum atomic E-state index is -0.758. The molecular weight excluding hydrogens is 325 g/mol. The number of nitrogens with one attached hydrogen (secondary N) is 2. The van der Waals surface area contributed by atoms with Crippen molar-refractivity contribution >= 4 is 17.6 Å². The summed E-state index contributed by atoms with van der Waals surface area (Å²) in [5.41, 5.74) is 0.702. The van der Waals surface area contributed by atoms with Gasteiger partial charge in [-0.05, 0) is 37.5 Å². The Morgan fingerprint density at radius 2 is 1.76 bits per heavy atom. The van der Waals surface area contributed by atoms with Crippen molar-refractivity contribution in [3.63, 3.8) is 0 Å². The average molecular weight is 347 g/mol. The number of anilines is 1. The van der Waals surface area contributed by atoms with E-state index in [9.17, 15) is 14.0 Å². The summed E-state index contributed by atoms with van der Waals surface area (Å²) in [6.45, 7) is 7.10. The molecule has 1 heterocycles. The van der Waals surface area contributed by atoms with Crippen molar-refractivity contribution < 1.29 is 18.5 Å². The highest BCUT2D eigenvalue weighted by Crippen LogP contribution is 2.25. The molecule has 0 saturated heterocycles. The zero-order valence-electron chi connectivity index (χ0n) is 14.7. The molecule has 1 aromatic carbocycles. The molecule has 2 rings (SSSR count). The number of aromatic nitrogens is 1. The number of hydrogen-bond acceptors (Lipinski definition) is 4. The van der Waals surface area contributed by atoms with Crippen LogP contribution in [-0.4, -0.2) is 23.0 Å². The molecule has 0 bridgehead atoms. The molecular formula is C18H22FN3O3. The van der Waals surface area contributed by atoms with Gasteiger partial charge < -0.3 is 15.2 Å². The van der Waals surface area contributed by atoms with Gasteiger partial charge in [-0.25, -0.2) is 4.39 Å². The van der Waals surface area contributed by atoms with Crippen LogP contribution in [0, 0.1) is 18.7 Å². The quantitative estimate of drug-likeness (QED) is 0.841. The van der Waals surface area contributed by atoms with Crippen molar-refractivity contribution in [1.82, 2.24) is 10.5 Å². The van der Waals surface area contributed by atoms with E-state index in [1.807, 2.05) is 13.8 Å². The van der Waals surface area contributed by atoms with Gasteiger partial charge >= 0.3 is 0 Å². The smallest absolute Gasteiger partial charge is 0.247 e. The molecule has 0 radical (unpaired) electrons. The number of hydrogen-bond donors (Lipinski definition) is 2. The zero-order chi connectivity index (χ0) is 18.6. The van der Waals surface area contributed by atoms with Crippen LogP contribution in [0.2, 0.25) is 0 Å². The van der Waals surface area contributed by atoms with Gasteiger partial charge in [-0.15, -0.1) is 0 Å². The minimum absolute atomic E-state index is 0.0149. The van der Waals surface area contributed by atoms with Crippen LogP contribution < -0.4 is 10.6 Å². The van der Waals surface area contributed by atoms with Gasteiger partial charge in [0.2, 0.25) is 11.8 Å². The van der Waals surface area contributed by atoms with Gasteiger partial charge in [0.05, 0.1) is 5.92 Å². The molecule has 0 aliphatic heterocycles. The number of amides is 2. The van der Waals surface area contributed by atoms with Crippen LogP contribution in [-0.2, 0) is 9.59 Å². The van der Waals surface area contributed by atoms with Crippen LogP contribution in [0.5, 0.6) is 0 Å². The van der Waals surface area contributed by atoms with Crippen molar-refractivity contribution in [1.29, 1.82) is 0 Å². The van der Waals surface area contributed by atoms with Crippen molar-refractivity contribution in [3.8, 4) is 0 Å². The summed E-state index contributed by atoms with van der Waals surface area (Å²) in [7, 11) is 0. The maximum absolute atomic E-state index is 13.1. The van der Waals surface area contributed by atoms with Crippen LogP contribution in [0.15, 0.2) is 34.9 Å². The molecule has 0 aliphatic carbocycles. The van der Waals surface area contributed by atoms with Crippen LogP contribution in [0.3, 0.4) is 0 Å². The van der Waals surface area contributed by atoms with E-state index in [1.54, 1.807) is 32.0 Å². The number of nitrogens with zero attached hydrogens (tertiary/aromatic N) is 1. The minimum Gasteiger partial charge on any atom is -0.360 e. The van der Waals surface area contributed by atoms with Gasteiger partial charge in [-0.3, -0.25) is 9.59 Å². The fourth-order valence-electron chi connectivity index (χ4n) is 2.54. The summed E-state index contributed by atoms with van der Waals surface area (Å²) in [5.74, 6) is -0.680. The molecule has 2 atom stereocenters. The Morgan fingerprint density at radius 1 is 1.12 bits per heavy atom. The van der Waals surface area contributed by atoms with Crippen molar-refractivity contribution in [2.75, 3.05) is 5.32 Å². The molecule has 0 saturated carbocycles. The Hall–Kier alpha value is -2.70. The lowest BCUT2D eigenvalue weighted by molar-refractivity contribution is -0.127. The van der Waals surface area contributed by atoms with E-state index in [4.69, 9.17) is 4.52 Å². The largest absolute Gasteiger partial charge is 0.360 e. The van der Waals surface area contributed by atoms with Gasteiger partial charge in [0.15, 0.2) is 5.82 Å². The van der Waals surface area contributed by atoms with Gasteiger partial charge in [-0.2, -0.15) is 0 Å². The molecule has 0 spiro atoms. The highest BCUT2D eigenvalue weighted by molar-refractivity contribution is 5.97. The van der Waals surface area contributed by atoms with Crippen LogP contribution >= 0.6 is 0 Å². The Balaban J connectivity index is 2.04. The Bertz CT molecular complexity index is 740. The van der Waals surface area contributed by atoms with E-state index in [0.717, 1.165) is 0 Å². The van der Waals surface area contributed by atoms with Crippen LogP contribution in [0.4, 0.5) is 10.2 Å². The number of aryl methyl sites for hydroxylation is 1. The molecule has 2 aromatic rings. The summed E-state index contributed by atoms with van der Waals surface area (Å²) >= 11 is 0. The van der Waals surface area contributed by atoms with Crippen LogP contribution in [0.1, 0.15) is 38.0 Å². The lowest BCUT2D eigenvalue weighted by atomic mass is 9.87. The number of carbonyl (C=O) groups is 2. The first kappa shape index (κ1) is 18.6. The van der Waals surface area contributed by atoms with E-state index in [-0.39, 0.29) is 17.6 Å². The highest BCUT2D eigenvalue weighted by atomic mass is 19.1. The lowest BCUT2D eigenvalue weighted by Crippen LogP contribution is -2.44. The van der Waals surface area contributed by atoms with E-state index >= 15 is 0 Å². The fraction of sp³-hybridized carbons (Fsp3) is 0.389. The predicted octanol–water partition coefficient (Wildman–Crippen LogP) is 3.01. The number of benzene rings is 1. The van der Waals surface area contributed by atoms with E-state index in [0.29, 0.717) is 17.1 Å². The summed E-state index contributed by atoms with van der Waals surface area (Å²) in [5, 5.41) is 8.95. The third-order valence-corrected chi connectivity index (χ3v) is 3.81. The number of rotatable bonds is 6.